The Labute approximate surface area is 115 Å². The third kappa shape index (κ3) is 2.58. The molecule has 18 heavy (non-hydrogen) atoms. The summed E-state index contributed by atoms with van der Waals surface area (Å²) in [6.45, 7) is 4.57. The van der Waals surface area contributed by atoms with Crippen LogP contribution in [0.3, 0.4) is 0 Å². The van der Waals surface area contributed by atoms with Crippen LogP contribution in [-0.4, -0.2) is 17.3 Å². The first-order chi connectivity index (χ1) is 8.63. The van der Waals surface area contributed by atoms with E-state index in [0.29, 0.717) is 6.61 Å². The third-order valence-corrected chi connectivity index (χ3v) is 3.41. The second-order valence-electron chi connectivity index (χ2n) is 4.34. The van der Waals surface area contributed by atoms with Gasteiger partial charge in [0.25, 0.3) is 0 Å². The number of hydrogen-bond donors (Lipinski definition) is 0. The number of hydrogen-bond acceptors (Lipinski definition) is 2. The molecule has 0 saturated carbocycles. The quantitative estimate of drug-likeness (QED) is 0.782. The summed E-state index contributed by atoms with van der Waals surface area (Å²) >= 11 is 3.50. The number of aromatic nitrogens is 1. The number of benzene rings is 1. The number of nitrogens with zero attached hydrogens (tertiary/aromatic N) is 1. The van der Waals surface area contributed by atoms with Crippen molar-refractivity contribution in [1.82, 2.24) is 4.57 Å². The van der Waals surface area contributed by atoms with E-state index in [1.165, 1.54) is 0 Å². The molecule has 0 unspecified atom stereocenters. The molecule has 0 radical (unpaired) electrons. The molecule has 2 rings (SSSR count). The van der Waals surface area contributed by atoms with E-state index in [4.69, 9.17) is 4.74 Å². The molecule has 0 aliphatic carbocycles. The van der Waals surface area contributed by atoms with Gasteiger partial charge in [0.05, 0.1) is 12.1 Å². The molecule has 0 aliphatic rings. The summed E-state index contributed by atoms with van der Waals surface area (Å²) in [6, 6.07) is 5.97. The standard InChI is InChI=1S/C14H16BrNO2/c1-3-4-7-18-14(17)16-6-5-11-8-10(2)9-12(15)13(11)16/h5-6,8-9H,3-4,7H2,1-2H3. The average Bonchev–Trinajstić information content (AvgIpc) is 2.73. The van der Waals surface area contributed by atoms with Gasteiger partial charge < -0.3 is 4.74 Å². The number of rotatable bonds is 3. The summed E-state index contributed by atoms with van der Waals surface area (Å²) in [5.74, 6) is 0. The van der Waals surface area contributed by atoms with Gasteiger partial charge in [0.1, 0.15) is 0 Å². The van der Waals surface area contributed by atoms with E-state index >= 15 is 0 Å². The summed E-state index contributed by atoms with van der Waals surface area (Å²) in [5.41, 5.74) is 2.02. The normalized spacial score (nSPS) is 10.8. The van der Waals surface area contributed by atoms with Crippen molar-refractivity contribution in [2.45, 2.75) is 26.7 Å². The summed E-state index contributed by atoms with van der Waals surface area (Å²) in [4.78, 5) is 12.0. The summed E-state index contributed by atoms with van der Waals surface area (Å²) in [7, 11) is 0. The maximum atomic E-state index is 12.0. The van der Waals surface area contributed by atoms with E-state index in [0.717, 1.165) is 33.8 Å². The Balaban J connectivity index is 2.31. The van der Waals surface area contributed by atoms with Crippen molar-refractivity contribution in [2.75, 3.05) is 6.61 Å². The molecule has 0 amide bonds. The lowest BCUT2D eigenvalue weighted by Crippen LogP contribution is -2.13. The molecule has 96 valence electrons. The Hall–Kier alpha value is -1.29. The van der Waals surface area contributed by atoms with Crippen molar-refractivity contribution in [3.05, 3.63) is 34.4 Å². The number of carbonyl (C=O) groups excluding carboxylic acids is 1. The number of ether oxygens (including phenoxy) is 1. The van der Waals surface area contributed by atoms with Gasteiger partial charge in [-0.15, -0.1) is 0 Å². The minimum absolute atomic E-state index is 0.317. The highest BCUT2D eigenvalue weighted by atomic mass is 79.9. The number of carbonyl (C=O) groups is 1. The zero-order valence-corrected chi connectivity index (χ0v) is 12.2. The van der Waals surface area contributed by atoms with Crippen LogP contribution in [0.2, 0.25) is 0 Å². The summed E-state index contributed by atoms with van der Waals surface area (Å²) < 4.78 is 7.69. The monoisotopic (exact) mass is 309 g/mol. The van der Waals surface area contributed by atoms with Crippen molar-refractivity contribution in [3.8, 4) is 0 Å². The smallest absolute Gasteiger partial charge is 0.418 e. The molecule has 0 spiro atoms. The SMILES string of the molecule is CCCCOC(=O)n1ccc2cc(C)cc(Br)c21. The number of halogens is 1. The van der Waals surface area contributed by atoms with Gasteiger partial charge in [-0.2, -0.15) is 0 Å². The van der Waals surface area contributed by atoms with Crippen LogP contribution in [0, 0.1) is 6.92 Å². The van der Waals surface area contributed by atoms with Gasteiger partial charge in [-0.1, -0.05) is 13.3 Å². The number of fused-ring (bicyclic) bond motifs is 1. The van der Waals surface area contributed by atoms with Crippen molar-refractivity contribution in [3.63, 3.8) is 0 Å². The van der Waals surface area contributed by atoms with Crippen LogP contribution >= 0.6 is 15.9 Å². The fraction of sp³-hybridized carbons (Fsp3) is 0.357. The molecule has 2 aromatic rings. The first-order valence-electron chi connectivity index (χ1n) is 6.08. The summed E-state index contributed by atoms with van der Waals surface area (Å²) in [6.07, 6.45) is 3.35. The van der Waals surface area contributed by atoms with Gasteiger partial charge in [-0.25, -0.2) is 4.79 Å². The zero-order valence-electron chi connectivity index (χ0n) is 10.6. The molecular formula is C14H16BrNO2. The fourth-order valence-corrected chi connectivity index (χ4v) is 2.68. The molecule has 0 bridgehead atoms. The number of aryl methyl sites for hydroxylation is 1. The molecule has 0 aliphatic heterocycles. The highest BCUT2D eigenvalue weighted by Crippen LogP contribution is 2.26. The first-order valence-corrected chi connectivity index (χ1v) is 6.87. The van der Waals surface area contributed by atoms with Gasteiger partial charge >= 0.3 is 6.09 Å². The molecule has 1 heterocycles. The largest absolute Gasteiger partial charge is 0.449 e. The number of unbranched alkanes of at least 4 members (excludes halogenated alkanes) is 1. The molecule has 0 fully saturated rings. The van der Waals surface area contributed by atoms with Crippen LogP contribution in [0.15, 0.2) is 28.9 Å². The first kappa shape index (κ1) is 13.1. The zero-order chi connectivity index (χ0) is 13.1. The maximum Gasteiger partial charge on any atom is 0.418 e. The lowest BCUT2D eigenvalue weighted by atomic mass is 10.2. The van der Waals surface area contributed by atoms with Crippen LogP contribution < -0.4 is 0 Å². The minimum Gasteiger partial charge on any atom is -0.449 e. The average molecular weight is 310 g/mol. The van der Waals surface area contributed by atoms with Gasteiger partial charge in [0.15, 0.2) is 0 Å². The van der Waals surface area contributed by atoms with E-state index in [-0.39, 0.29) is 6.09 Å². The Kier molecular flexibility index (Phi) is 4.07. The molecule has 0 N–H and O–H groups in total. The third-order valence-electron chi connectivity index (χ3n) is 2.80. The minimum atomic E-state index is -0.317. The maximum absolute atomic E-state index is 12.0. The predicted octanol–water partition coefficient (Wildman–Crippen LogP) is 4.50. The molecule has 0 saturated heterocycles. The highest BCUT2D eigenvalue weighted by Gasteiger charge is 2.12. The molecule has 1 aromatic carbocycles. The lowest BCUT2D eigenvalue weighted by molar-refractivity contribution is 0.147. The van der Waals surface area contributed by atoms with Crippen LogP contribution in [0.1, 0.15) is 25.3 Å². The summed E-state index contributed by atoms with van der Waals surface area (Å²) in [5, 5.41) is 1.04. The second kappa shape index (κ2) is 5.57. The molecule has 3 nitrogen and oxygen atoms in total. The fourth-order valence-electron chi connectivity index (χ4n) is 1.90. The van der Waals surface area contributed by atoms with E-state index < -0.39 is 0 Å². The Morgan fingerprint density at radius 1 is 1.44 bits per heavy atom. The van der Waals surface area contributed by atoms with Gasteiger partial charge in [-0.05, 0) is 53.0 Å². The van der Waals surface area contributed by atoms with Crippen molar-refractivity contribution in [1.29, 1.82) is 0 Å². The lowest BCUT2D eigenvalue weighted by Gasteiger charge is -2.07. The molecular weight excluding hydrogens is 294 g/mol. The predicted molar refractivity (Wildman–Crippen MR) is 76.0 cm³/mol. The Morgan fingerprint density at radius 2 is 2.22 bits per heavy atom. The molecule has 4 heteroatoms. The van der Waals surface area contributed by atoms with Crippen LogP contribution in [-0.2, 0) is 4.74 Å². The highest BCUT2D eigenvalue weighted by molar-refractivity contribution is 9.10. The van der Waals surface area contributed by atoms with Crippen molar-refractivity contribution in [2.24, 2.45) is 0 Å². The van der Waals surface area contributed by atoms with Crippen LogP contribution in [0.4, 0.5) is 4.79 Å². The van der Waals surface area contributed by atoms with E-state index in [1.807, 2.05) is 19.1 Å². The van der Waals surface area contributed by atoms with E-state index in [9.17, 15) is 4.79 Å². The second-order valence-corrected chi connectivity index (χ2v) is 5.19. The van der Waals surface area contributed by atoms with Gasteiger partial charge in [-0.3, -0.25) is 4.57 Å². The molecule has 1 aromatic heterocycles. The van der Waals surface area contributed by atoms with Crippen molar-refractivity contribution < 1.29 is 9.53 Å². The van der Waals surface area contributed by atoms with Crippen LogP contribution in [0.25, 0.3) is 10.9 Å². The van der Waals surface area contributed by atoms with Crippen molar-refractivity contribution >= 4 is 32.9 Å². The van der Waals surface area contributed by atoms with Crippen LogP contribution in [0.5, 0.6) is 0 Å². The topological polar surface area (TPSA) is 31.2 Å². The van der Waals surface area contributed by atoms with Gasteiger partial charge in [0, 0.05) is 16.1 Å². The van der Waals surface area contributed by atoms with E-state index in [2.05, 4.69) is 28.9 Å². The molecule has 0 atom stereocenters. The Bertz CT molecular complexity index is 574. The Morgan fingerprint density at radius 3 is 2.94 bits per heavy atom. The van der Waals surface area contributed by atoms with E-state index in [1.54, 1.807) is 10.8 Å². The van der Waals surface area contributed by atoms with Gasteiger partial charge in [0.2, 0.25) is 0 Å².